The Morgan fingerprint density at radius 2 is 2.36 bits per heavy atom. The first-order valence-electron chi connectivity index (χ1n) is 5.18. The molecule has 1 aromatic rings. The lowest BCUT2D eigenvalue weighted by Gasteiger charge is -2.29. The first kappa shape index (κ1) is 11.3. The summed E-state index contributed by atoms with van der Waals surface area (Å²) in [7, 11) is 0. The number of aromatic nitrogens is 1. The quantitative estimate of drug-likeness (QED) is 0.648. The third kappa shape index (κ3) is 3.16. The van der Waals surface area contributed by atoms with Crippen LogP contribution in [0.1, 0.15) is 32.3 Å². The standard InChI is InChI=1S/C11H20N2O/c1-3-11(2,5-7-14)13-9-10-4-6-12-8-10/h4,6,8,12-14H,3,5,7,9H2,1-2H3. The second-order valence-corrected chi connectivity index (χ2v) is 3.96. The third-order valence-corrected chi connectivity index (χ3v) is 2.83. The zero-order chi connectivity index (χ0) is 10.4. The molecule has 1 heterocycles. The summed E-state index contributed by atoms with van der Waals surface area (Å²) < 4.78 is 0. The molecular weight excluding hydrogens is 176 g/mol. The Balaban J connectivity index is 2.41. The van der Waals surface area contributed by atoms with E-state index in [4.69, 9.17) is 5.11 Å². The van der Waals surface area contributed by atoms with Crippen molar-refractivity contribution in [3.8, 4) is 0 Å². The Labute approximate surface area is 85.5 Å². The van der Waals surface area contributed by atoms with Crippen molar-refractivity contribution in [2.24, 2.45) is 0 Å². The third-order valence-electron chi connectivity index (χ3n) is 2.83. The highest BCUT2D eigenvalue weighted by Crippen LogP contribution is 2.14. The molecule has 14 heavy (non-hydrogen) atoms. The van der Waals surface area contributed by atoms with Crippen LogP contribution in [0.15, 0.2) is 18.5 Å². The van der Waals surface area contributed by atoms with Gasteiger partial charge in [-0.1, -0.05) is 6.92 Å². The summed E-state index contributed by atoms with van der Waals surface area (Å²) >= 11 is 0. The molecule has 0 spiro atoms. The fourth-order valence-electron chi connectivity index (χ4n) is 1.42. The Morgan fingerprint density at radius 1 is 1.57 bits per heavy atom. The van der Waals surface area contributed by atoms with Crippen LogP contribution < -0.4 is 5.32 Å². The van der Waals surface area contributed by atoms with Gasteiger partial charge in [0.25, 0.3) is 0 Å². The van der Waals surface area contributed by atoms with Gasteiger partial charge in [-0.2, -0.15) is 0 Å². The SMILES string of the molecule is CCC(C)(CCO)NCc1cc[nH]c1. The van der Waals surface area contributed by atoms with Crippen LogP contribution in [-0.2, 0) is 6.54 Å². The monoisotopic (exact) mass is 196 g/mol. The van der Waals surface area contributed by atoms with Crippen molar-refractivity contribution < 1.29 is 5.11 Å². The molecule has 0 bridgehead atoms. The van der Waals surface area contributed by atoms with Gasteiger partial charge in [-0.25, -0.2) is 0 Å². The zero-order valence-electron chi connectivity index (χ0n) is 9.01. The number of rotatable bonds is 6. The number of hydrogen-bond donors (Lipinski definition) is 3. The number of H-pyrrole nitrogens is 1. The van der Waals surface area contributed by atoms with Crippen LogP contribution in [-0.4, -0.2) is 22.2 Å². The minimum atomic E-state index is 0.0476. The van der Waals surface area contributed by atoms with E-state index in [1.807, 2.05) is 12.4 Å². The van der Waals surface area contributed by atoms with Crippen LogP contribution in [0.3, 0.4) is 0 Å². The highest BCUT2D eigenvalue weighted by atomic mass is 16.3. The molecule has 0 aromatic carbocycles. The van der Waals surface area contributed by atoms with E-state index in [0.717, 1.165) is 19.4 Å². The first-order valence-corrected chi connectivity index (χ1v) is 5.18. The predicted octanol–water partition coefficient (Wildman–Crippen LogP) is 1.66. The summed E-state index contributed by atoms with van der Waals surface area (Å²) in [4.78, 5) is 3.03. The van der Waals surface area contributed by atoms with E-state index in [0.29, 0.717) is 0 Å². The van der Waals surface area contributed by atoms with E-state index in [2.05, 4.69) is 30.2 Å². The molecule has 0 aliphatic carbocycles. The second kappa shape index (κ2) is 5.17. The molecule has 0 amide bonds. The topological polar surface area (TPSA) is 48.0 Å². The molecule has 0 saturated heterocycles. The maximum absolute atomic E-state index is 8.94. The number of aromatic amines is 1. The van der Waals surface area contributed by atoms with Gasteiger partial charge in [-0.15, -0.1) is 0 Å². The van der Waals surface area contributed by atoms with Gasteiger partial charge in [0.2, 0.25) is 0 Å². The molecule has 3 nitrogen and oxygen atoms in total. The van der Waals surface area contributed by atoms with Crippen molar-refractivity contribution in [3.63, 3.8) is 0 Å². The van der Waals surface area contributed by atoms with Gasteiger partial charge >= 0.3 is 0 Å². The Kier molecular flexibility index (Phi) is 4.17. The molecule has 1 unspecified atom stereocenters. The number of nitrogens with one attached hydrogen (secondary N) is 2. The molecule has 3 heteroatoms. The summed E-state index contributed by atoms with van der Waals surface area (Å²) in [5.41, 5.74) is 1.30. The molecule has 80 valence electrons. The first-order chi connectivity index (χ1) is 6.70. The average molecular weight is 196 g/mol. The molecule has 0 aliphatic rings. The summed E-state index contributed by atoms with van der Waals surface area (Å²) in [6, 6.07) is 2.06. The van der Waals surface area contributed by atoms with Crippen molar-refractivity contribution in [1.29, 1.82) is 0 Å². The summed E-state index contributed by atoms with van der Waals surface area (Å²) in [5, 5.41) is 12.4. The lowest BCUT2D eigenvalue weighted by molar-refractivity contribution is 0.214. The fourth-order valence-corrected chi connectivity index (χ4v) is 1.42. The summed E-state index contributed by atoms with van der Waals surface area (Å²) in [6.07, 6.45) is 5.74. The van der Waals surface area contributed by atoms with Crippen LogP contribution in [0.4, 0.5) is 0 Å². The highest BCUT2D eigenvalue weighted by Gasteiger charge is 2.19. The normalized spacial score (nSPS) is 15.4. The van der Waals surface area contributed by atoms with Gasteiger partial charge in [0.05, 0.1) is 0 Å². The molecular formula is C11H20N2O. The number of hydrogen-bond acceptors (Lipinski definition) is 2. The average Bonchev–Trinajstić information content (AvgIpc) is 2.68. The van der Waals surface area contributed by atoms with Crippen LogP contribution in [0, 0.1) is 0 Å². The lowest BCUT2D eigenvalue weighted by Crippen LogP contribution is -2.41. The molecule has 3 N–H and O–H groups in total. The maximum Gasteiger partial charge on any atom is 0.0448 e. The molecule has 0 fully saturated rings. The molecule has 1 aromatic heterocycles. The van der Waals surface area contributed by atoms with E-state index in [-0.39, 0.29) is 12.1 Å². The fraction of sp³-hybridized carbons (Fsp3) is 0.636. The predicted molar refractivity (Wildman–Crippen MR) is 58.0 cm³/mol. The second-order valence-electron chi connectivity index (χ2n) is 3.96. The van der Waals surface area contributed by atoms with E-state index in [1.165, 1.54) is 5.56 Å². The van der Waals surface area contributed by atoms with Crippen molar-refractivity contribution in [2.75, 3.05) is 6.61 Å². The van der Waals surface area contributed by atoms with Crippen molar-refractivity contribution >= 4 is 0 Å². The molecule has 0 aliphatic heterocycles. The van der Waals surface area contributed by atoms with Crippen molar-refractivity contribution in [2.45, 2.75) is 38.8 Å². The van der Waals surface area contributed by atoms with Crippen LogP contribution in [0.25, 0.3) is 0 Å². The van der Waals surface area contributed by atoms with E-state index < -0.39 is 0 Å². The highest BCUT2D eigenvalue weighted by molar-refractivity contribution is 5.08. The van der Waals surface area contributed by atoms with Gasteiger partial charge in [-0.3, -0.25) is 0 Å². The Hall–Kier alpha value is -0.800. The summed E-state index contributed by atoms with van der Waals surface area (Å²) in [5.74, 6) is 0. The minimum Gasteiger partial charge on any atom is -0.396 e. The van der Waals surface area contributed by atoms with Crippen LogP contribution in [0.2, 0.25) is 0 Å². The lowest BCUT2D eigenvalue weighted by atomic mass is 9.95. The minimum absolute atomic E-state index is 0.0476. The smallest absolute Gasteiger partial charge is 0.0448 e. The molecule has 1 atom stereocenters. The van der Waals surface area contributed by atoms with Crippen molar-refractivity contribution in [3.05, 3.63) is 24.0 Å². The van der Waals surface area contributed by atoms with Gasteiger partial charge < -0.3 is 15.4 Å². The van der Waals surface area contributed by atoms with Crippen LogP contribution in [0.5, 0.6) is 0 Å². The molecule has 0 saturated carbocycles. The van der Waals surface area contributed by atoms with E-state index in [9.17, 15) is 0 Å². The van der Waals surface area contributed by atoms with Gasteiger partial charge in [0.15, 0.2) is 0 Å². The van der Waals surface area contributed by atoms with Gasteiger partial charge in [0, 0.05) is 31.1 Å². The molecule has 1 rings (SSSR count). The number of aliphatic hydroxyl groups excluding tert-OH is 1. The van der Waals surface area contributed by atoms with Crippen LogP contribution >= 0.6 is 0 Å². The zero-order valence-corrected chi connectivity index (χ0v) is 9.01. The largest absolute Gasteiger partial charge is 0.396 e. The van der Waals surface area contributed by atoms with Gasteiger partial charge in [0.1, 0.15) is 0 Å². The maximum atomic E-state index is 8.94. The Bertz CT molecular complexity index is 246. The van der Waals surface area contributed by atoms with E-state index in [1.54, 1.807) is 0 Å². The van der Waals surface area contributed by atoms with E-state index >= 15 is 0 Å². The van der Waals surface area contributed by atoms with Gasteiger partial charge in [-0.05, 0) is 31.4 Å². The molecule has 0 radical (unpaired) electrons. The Morgan fingerprint density at radius 3 is 2.86 bits per heavy atom. The number of aliphatic hydroxyl groups is 1. The summed E-state index contributed by atoms with van der Waals surface area (Å²) in [6.45, 7) is 5.38. The van der Waals surface area contributed by atoms with Crippen molar-refractivity contribution in [1.82, 2.24) is 10.3 Å².